The Hall–Kier alpha value is -1.71. The lowest BCUT2D eigenvalue weighted by Gasteiger charge is -2.27. The maximum Gasteiger partial charge on any atom is 0.306 e. The number of allylic oxidation sites excluding steroid dienone is 6. The van der Waals surface area contributed by atoms with Crippen LogP contribution in [-0.4, -0.2) is 12.1 Å². The topological polar surface area (TPSA) is 26.3 Å². The molecule has 0 aromatic heterocycles. The quantitative estimate of drug-likeness (QED) is 0.306. The molecule has 0 saturated heterocycles. The number of hydrogen-bond acceptors (Lipinski definition) is 2. The molecular weight excluding hydrogens is 394 g/mol. The van der Waals surface area contributed by atoms with E-state index in [1.165, 1.54) is 45.1 Å². The average molecular weight is 435 g/mol. The van der Waals surface area contributed by atoms with E-state index in [0.29, 0.717) is 25.2 Å². The Bertz CT molecular complexity index is 677. The van der Waals surface area contributed by atoms with Crippen LogP contribution in [0.5, 0.6) is 0 Å². The first-order valence-corrected chi connectivity index (χ1v) is 12.2. The molecule has 2 nitrogen and oxygen atoms in total. The molecule has 0 radical (unpaired) electrons. The Morgan fingerprint density at radius 3 is 2.55 bits per heavy atom. The largest absolute Gasteiger partial charge is 0.458 e. The van der Waals surface area contributed by atoms with Crippen LogP contribution >= 0.6 is 0 Å². The summed E-state index contributed by atoms with van der Waals surface area (Å²) >= 11 is 0. The molecule has 0 aliphatic heterocycles. The maximum atomic E-state index is 14.8. The zero-order chi connectivity index (χ0) is 22.6. The third kappa shape index (κ3) is 9.97. The van der Waals surface area contributed by atoms with Crippen molar-refractivity contribution in [2.45, 2.75) is 97.5 Å². The highest BCUT2D eigenvalue weighted by Crippen LogP contribution is 2.34. The van der Waals surface area contributed by atoms with E-state index in [-0.39, 0.29) is 36.1 Å². The molecule has 0 bridgehead atoms. The summed E-state index contributed by atoms with van der Waals surface area (Å²) in [6.45, 7) is 5.41. The van der Waals surface area contributed by atoms with Crippen molar-refractivity contribution in [3.8, 4) is 0 Å². The second-order valence-electron chi connectivity index (χ2n) is 9.21. The van der Waals surface area contributed by atoms with Crippen molar-refractivity contribution in [3.63, 3.8) is 0 Å². The minimum absolute atomic E-state index is 0.116. The zero-order valence-electron chi connectivity index (χ0n) is 19.5. The van der Waals surface area contributed by atoms with Crippen LogP contribution in [0.4, 0.5) is 8.78 Å². The third-order valence-corrected chi connectivity index (χ3v) is 6.40. The normalized spacial score (nSPS) is 25.8. The van der Waals surface area contributed by atoms with Crippen LogP contribution in [-0.2, 0) is 9.53 Å². The number of hydrogen-bond donors (Lipinski definition) is 0. The Morgan fingerprint density at radius 2 is 1.97 bits per heavy atom. The minimum Gasteiger partial charge on any atom is -0.458 e. The number of rotatable bonds is 11. The molecule has 2 unspecified atom stereocenters. The number of carbonyl (C=O) groups excluding carboxylic acids is 1. The van der Waals surface area contributed by atoms with Gasteiger partial charge in [0.1, 0.15) is 6.10 Å². The van der Waals surface area contributed by atoms with E-state index in [9.17, 15) is 13.6 Å². The van der Waals surface area contributed by atoms with E-state index in [1.54, 1.807) is 13.0 Å². The number of halogens is 2. The van der Waals surface area contributed by atoms with Gasteiger partial charge >= 0.3 is 5.97 Å². The minimum atomic E-state index is -0.274. The van der Waals surface area contributed by atoms with Crippen LogP contribution in [0.3, 0.4) is 0 Å². The van der Waals surface area contributed by atoms with Crippen LogP contribution in [0.15, 0.2) is 47.6 Å². The molecule has 2 atom stereocenters. The van der Waals surface area contributed by atoms with Gasteiger partial charge in [-0.2, -0.15) is 0 Å². The van der Waals surface area contributed by atoms with E-state index >= 15 is 0 Å². The molecule has 0 spiro atoms. The highest BCUT2D eigenvalue weighted by Gasteiger charge is 2.21. The molecule has 0 amide bonds. The van der Waals surface area contributed by atoms with Crippen LogP contribution < -0.4 is 0 Å². The first kappa shape index (κ1) is 25.5. The van der Waals surface area contributed by atoms with Gasteiger partial charge < -0.3 is 4.74 Å². The molecule has 1 fully saturated rings. The van der Waals surface area contributed by atoms with Gasteiger partial charge in [-0.15, -0.1) is 0 Å². The standard InChI is InChI=1S/C27H40F2O2/c1-4-6-7-21-8-10-23(11-9-21)18-25(29)19-24(16-20(3)28)17-22-12-14-26(15-13-22)31-27(30)5-2/h12-14,16,18,21,23-24,26H,4-11,15,17,19H2,1-3H3. The van der Waals surface area contributed by atoms with E-state index < -0.39 is 0 Å². The summed E-state index contributed by atoms with van der Waals surface area (Å²) < 4.78 is 33.8. The van der Waals surface area contributed by atoms with Gasteiger partial charge in [0.15, 0.2) is 0 Å². The fraction of sp³-hybridized carbons (Fsp3) is 0.667. The highest BCUT2D eigenvalue weighted by atomic mass is 19.1. The number of carbonyl (C=O) groups is 1. The monoisotopic (exact) mass is 434 g/mol. The van der Waals surface area contributed by atoms with Crippen LogP contribution in [0, 0.1) is 17.8 Å². The molecule has 31 heavy (non-hydrogen) atoms. The lowest BCUT2D eigenvalue weighted by atomic mass is 9.79. The smallest absolute Gasteiger partial charge is 0.306 e. The van der Waals surface area contributed by atoms with Gasteiger partial charge in [0.05, 0.1) is 11.7 Å². The van der Waals surface area contributed by atoms with Gasteiger partial charge in [-0.25, -0.2) is 8.78 Å². The van der Waals surface area contributed by atoms with Gasteiger partial charge in [0.25, 0.3) is 0 Å². The molecule has 0 aromatic carbocycles. The van der Waals surface area contributed by atoms with E-state index in [1.807, 2.05) is 18.2 Å². The maximum absolute atomic E-state index is 14.8. The second-order valence-corrected chi connectivity index (χ2v) is 9.21. The molecular formula is C27H40F2O2. The first-order chi connectivity index (χ1) is 14.9. The van der Waals surface area contributed by atoms with Crippen molar-refractivity contribution in [3.05, 3.63) is 47.6 Å². The fourth-order valence-corrected chi connectivity index (χ4v) is 4.66. The molecule has 174 valence electrons. The summed E-state index contributed by atoms with van der Waals surface area (Å²) in [5, 5.41) is 0. The molecule has 0 heterocycles. The third-order valence-electron chi connectivity index (χ3n) is 6.40. The van der Waals surface area contributed by atoms with Gasteiger partial charge in [-0.05, 0) is 75.0 Å². The van der Waals surface area contributed by atoms with Crippen LogP contribution in [0.2, 0.25) is 0 Å². The lowest BCUT2D eigenvalue weighted by molar-refractivity contribution is -0.146. The first-order valence-electron chi connectivity index (χ1n) is 12.2. The summed E-state index contributed by atoms with van der Waals surface area (Å²) in [5.74, 6) is 0.304. The predicted molar refractivity (Wildman–Crippen MR) is 124 cm³/mol. The summed E-state index contributed by atoms with van der Waals surface area (Å²) in [5.41, 5.74) is 1.04. The van der Waals surface area contributed by atoms with Gasteiger partial charge in [0.2, 0.25) is 0 Å². The van der Waals surface area contributed by atoms with Gasteiger partial charge in [-0.3, -0.25) is 4.79 Å². The molecule has 2 aliphatic rings. The summed E-state index contributed by atoms with van der Waals surface area (Å²) in [6.07, 6.45) is 19.1. The van der Waals surface area contributed by atoms with Crippen LogP contribution in [0.1, 0.15) is 91.4 Å². The van der Waals surface area contributed by atoms with Gasteiger partial charge in [-0.1, -0.05) is 50.8 Å². The van der Waals surface area contributed by atoms with Crippen molar-refractivity contribution in [2.75, 3.05) is 0 Å². The van der Waals surface area contributed by atoms with Crippen molar-refractivity contribution in [1.82, 2.24) is 0 Å². The Kier molecular flexibility index (Phi) is 11.2. The summed E-state index contributed by atoms with van der Waals surface area (Å²) in [7, 11) is 0. The lowest BCUT2D eigenvalue weighted by Crippen LogP contribution is -2.16. The Labute approximate surface area is 187 Å². The van der Waals surface area contributed by atoms with Crippen LogP contribution in [0.25, 0.3) is 0 Å². The Morgan fingerprint density at radius 1 is 1.23 bits per heavy atom. The fourth-order valence-electron chi connectivity index (χ4n) is 4.66. The predicted octanol–water partition coefficient (Wildman–Crippen LogP) is 8.31. The van der Waals surface area contributed by atoms with Gasteiger partial charge in [0, 0.05) is 19.3 Å². The molecule has 0 aromatic rings. The summed E-state index contributed by atoms with van der Waals surface area (Å²) in [4.78, 5) is 11.4. The van der Waals surface area contributed by atoms with E-state index in [0.717, 1.165) is 24.3 Å². The molecule has 2 aliphatic carbocycles. The summed E-state index contributed by atoms with van der Waals surface area (Å²) in [6, 6.07) is 0. The number of ether oxygens (including phenoxy) is 1. The van der Waals surface area contributed by atoms with Crippen molar-refractivity contribution < 1.29 is 18.3 Å². The van der Waals surface area contributed by atoms with Crippen molar-refractivity contribution in [1.29, 1.82) is 0 Å². The molecule has 0 N–H and O–H groups in total. The SMILES string of the molecule is CCCCC1CCC(C=C(F)CC(C=C(C)F)CC2=CCC(OC(=O)CC)C=C2)CC1. The van der Waals surface area contributed by atoms with Crippen molar-refractivity contribution >= 4 is 5.97 Å². The average Bonchev–Trinajstić information content (AvgIpc) is 2.74. The molecule has 1 saturated carbocycles. The zero-order valence-corrected chi connectivity index (χ0v) is 19.5. The number of esters is 1. The second kappa shape index (κ2) is 13.6. The molecule has 2 rings (SSSR count). The van der Waals surface area contributed by atoms with E-state index in [4.69, 9.17) is 4.74 Å². The van der Waals surface area contributed by atoms with Crippen molar-refractivity contribution in [2.24, 2.45) is 17.8 Å². The van der Waals surface area contributed by atoms with E-state index in [2.05, 4.69) is 6.92 Å². The number of unbranched alkanes of at least 4 members (excludes halogenated alkanes) is 1. The molecule has 4 heteroatoms. The Balaban J connectivity index is 1.87. The highest BCUT2D eigenvalue weighted by molar-refractivity contribution is 5.69.